The topological polar surface area (TPSA) is 70.2 Å². The van der Waals surface area contributed by atoms with Gasteiger partial charge in [-0.1, -0.05) is 32.0 Å². The maximum atomic E-state index is 12.3. The first kappa shape index (κ1) is 17.8. The molecule has 1 fully saturated rings. The summed E-state index contributed by atoms with van der Waals surface area (Å²) in [7, 11) is 0. The summed E-state index contributed by atoms with van der Waals surface area (Å²) in [5.74, 6) is 1.97. The summed E-state index contributed by atoms with van der Waals surface area (Å²) in [6, 6.07) is 10.8. The van der Waals surface area contributed by atoms with Crippen LogP contribution in [0, 0.1) is 5.92 Å². The third-order valence-corrected chi connectivity index (χ3v) is 5.17. The second kappa shape index (κ2) is 7.55. The molecule has 0 spiro atoms. The number of carbonyl (C=O) groups excluding carboxylic acids is 1. The van der Waals surface area contributed by atoms with Crippen molar-refractivity contribution in [3.63, 3.8) is 0 Å². The normalized spacial score (nSPS) is 19.1. The third kappa shape index (κ3) is 3.89. The number of para-hydroxylation sites is 1. The Morgan fingerprint density at radius 3 is 2.85 bits per heavy atom. The number of fused-ring (bicyclic) bond motifs is 1. The summed E-state index contributed by atoms with van der Waals surface area (Å²) in [6.45, 7) is 6.90. The number of nitrogens with one attached hydrogen (secondary N) is 2. The number of anilines is 2. The molecule has 3 heterocycles. The van der Waals surface area contributed by atoms with E-state index in [2.05, 4.69) is 58.6 Å². The first-order valence-electron chi connectivity index (χ1n) is 9.84. The van der Waals surface area contributed by atoms with Crippen molar-refractivity contribution in [2.45, 2.75) is 39.2 Å². The number of hydrogen-bond donors (Lipinski definition) is 2. The van der Waals surface area contributed by atoms with Gasteiger partial charge in [-0.2, -0.15) is 0 Å². The molecule has 0 radical (unpaired) electrons. The van der Waals surface area contributed by atoms with Crippen molar-refractivity contribution in [2.24, 2.45) is 5.92 Å². The molecule has 1 unspecified atom stereocenters. The van der Waals surface area contributed by atoms with Gasteiger partial charge >= 0.3 is 0 Å². The highest BCUT2D eigenvalue weighted by Crippen LogP contribution is 2.26. The van der Waals surface area contributed by atoms with Crippen molar-refractivity contribution in [1.29, 1.82) is 0 Å². The molecular weight excluding hydrogens is 338 g/mol. The predicted octanol–water partition coefficient (Wildman–Crippen LogP) is 2.65. The van der Waals surface area contributed by atoms with Gasteiger partial charge in [0.25, 0.3) is 5.91 Å². The van der Waals surface area contributed by atoms with Crippen molar-refractivity contribution in [3.05, 3.63) is 47.4 Å². The average Bonchev–Trinajstić information content (AvgIpc) is 3.11. The van der Waals surface area contributed by atoms with Crippen molar-refractivity contribution in [1.82, 2.24) is 15.3 Å². The molecular formula is C21H27N5O. The fourth-order valence-corrected chi connectivity index (χ4v) is 3.86. The standard InChI is InChI=1S/C21H27N5O/c1-14(2)12-18-24-19-17(8-10-22-21(19)27)20(25-18)23-15-9-11-26(13-15)16-6-4-3-5-7-16/h3-7,14-15H,8-13H2,1-2H3,(H,22,27)(H,23,24,25). The van der Waals surface area contributed by atoms with Crippen LogP contribution in [0.4, 0.5) is 11.5 Å². The predicted molar refractivity (Wildman–Crippen MR) is 107 cm³/mol. The Bertz CT molecular complexity index is 821. The Morgan fingerprint density at radius 2 is 2.07 bits per heavy atom. The second-order valence-corrected chi connectivity index (χ2v) is 7.83. The van der Waals surface area contributed by atoms with Crippen LogP contribution in [0.3, 0.4) is 0 Å². The van der Waals surface area contributed by atoms with E-state index in [1.54, 1.807) is 0 Å². The quantitative estimate of drug-likeness (QED) is 0.852. The summed E-state index contributed by atoms with van der Waals surface area (Å²) < 4.78 is 0. The number of hydrogen-bond acceptors (Lipinski definition) is 5. The maximum absolute atomic E-state index is 12.3. The molecule has 1 aromatic heterocycles. The van der Waals surface area contributed by atoms with Crippen LogP contribution in [-0.2, 0) is 12.8 Å². The summed E-state index contributed by atoms with van der Waals surface area (Å²) >= 11 is 0. The zero-order valence-corrected chi connectivity index (χ0v) is 16.0. The van der Waals surface area contributed by atoms with Crippen LogP contribution in [0.15, 0.2) is 30.3 Å². The Balaban J connectivity index is 1.56. The second-order valence-electron chi connectivity index (χ2n) is 7.83. The lowest BCUT2D eigenvalue weighted by molar-refractivity contribution is 0.0940. The van der Waals surface area contributed by atoms with E-state index in [0.717, 1.165) is 49.6 Å². The smallest absolute Gasteiger partial charge is 0.270 e. The highest BCUT2D eigenvalue weighted by Gasteiger charge is 2.28. The van der Waals surface area contributed by atoms with Crippen LogP contribution in [0.5, 0.6) is 0 Å². The van der Waals surface area contributed by atoms with Gasteiger partial charge in [0.05, 0.1) is 0 Å². The number of rotatable bonds is 5. The summed E-state index contributed by atoms with van der Waals surface area (Å²) in [5, 5.41) is 6.53. The van der Waals surface area contributed by atoms with Crippen molar-refractivity contribution in [2.75, 3.05) is 29.9 Å². The Kier molecular flexibility index (Phi) is 4.97. The van der Waals surface area contributed by atoms with E-state index in [4.69, 9.17) is 4.98 Å². The van der Waals surface area contributed by atoms with Gasteiger partial charge in [-0.3, -0.25) is 4.79 Å². The molecule has 0 saturated carbocycles. The van der Waals surface area contributed by atoms with Crippen LogP contribution >= 0.6 is 0 Å². The molecule has 2 aromatic rings. The number of amides is 1. The Labute approximate surface area is 160 Å². The fraction of sp³-hybridized carbons (Fsp3) is 0.476. The van der Waals surface area contributed by atoms with Crippen LogP contribution in [0.25, 0.3) is 0 Å². The third-order valence-electron chi connectivity index (χ3n) is 5.17. The Hall–Kier alpha value is -2.63. The van der Waals surface area contributed by atoms with E-state index in [1.165, 1.54) is 5.69 Å². The summed E-state index contributed by atoms with van der Waals surface area (Å²) in [5.41, 5.74) is 2.77. The molecule has 142 valence electrons. The SMILES string of the molecule is CC(C)Cc1nc(NC2CCN(c3ccccc3)C2)c2c(n1)C(=O)NCC2. The molecule has 0 aliphatic carbocycles. The van der Waals surface area contributed by atoms with Gasteiger partial charge in [0.15, 0.2) is 0 Å². The molecule has 2 aliphatic heterocycles. The van der Waals surface area contributed by atoms with E-state index in [9.17, 15) is 4.79 Å². The molecule has 6 heteroatoms. The molecule has 1 saturated heterocycles. The van der Waals surface area contributed by atoms with Crippen LogP contribution in [0.1, 0.15) is 42.1 Å². The van der Waals surface area contributed by atoms with E-state index >= 15 is 0 Å². The van der Waals surface area contributed by atoms with Gasteiger partial charge in [0.2, 0.25) is 0 Å². The highest BCUT2D eigenvalue weighted by molar-refractivity contribution is 5.96. The van der Waals surface area contributed by atoms with Crippen molar-refractivity contribution >= 4 is 17.4 Å². The van der Waals surface area contributed by atoms with Gasteiger partial charge < -0.3 is 15.5 Å². The minimum absolute atomic E-state index is 0.0796. The summed E-state index contributed by atoms with van der Waals surface area (Å²) in [6.07, 6.45) is 2.61. The van der Waals surface area contributed by atoms with Gasteiger partial charge in [-0.05, 0) is 30.9 Å². The van der Waals surface area contributed by atoms with E-state index in [-0.39, 0.29) is 5.91 Å². The number of benzene rings is 1. The molecule has 27 heavy (non-hydrogen) atoms. The zero-order valence-electron chi connectivity index (χ0n) is 16.0. The first-order chi connectivity index (χ1) is 13.1. The lowest BCUT2D eigenvalue weighted by Crippen LogP contribution is -2.35. The van der Waals surface area contributed by atoms with Gasteiger partial charge in [-0.15, -0.1) is 0 Å². The first-order valence-corrected chi connectivity index (χ1v) is 9.84. The van der Waals surface area contributed by atoms with E-state index < -0.39 is 0 Å². The molecule has 6 nitrogen and oxygen atoms in total. The molecule has 2 N–H and O–H groups in total. The monoisotopic (exact) mass is 365 g/mol. The van der Waals surface area contributed by atoms with Crippen LogP contribution in [0.2, 0.25) is 0 Å². The van der Waals surface area contributed by atoms with Crippen molar-refractivity contribution in [3.8, 4) is 0 Å². The Morgan fingerprint density at radius 1 is 1.26 bits per heavy atom. The van der Waals surface area contributed by atoms with E-state index in [0.29, 0.717) is 24.2 Å². The largest absolute Gasteiger partial charge is 0.369 e. The van der Waals surface area contributed by atoms with Gasteiger partial charge in [-0.25, -0.2) is 9.97 Å². The minimum atomic E-state index is -0.0796. The highest BCUT2D eigenvalue weighted by atomic mass is 16.1. The summed E-state index contributed by atoms with van der Waals surface area (Å²) in [4.78, 5) is 24.1. The lowest BCUT2D eigenvalue weighted by atomic mass is 10.0. The van der Waals surface area contributed by atoms with Crippen LogP contribution < -0.4 is 15.5 Å². The molecule has 1 atom stereocenters. The van der Waals surface area contributed by atoms with Crippen LogP contribution in [-0.4, -0.2) is 41.6 Å². The average molecular weight is 365 g/mol. The van der Waals surface area contributed by atoms with Crippen molar-refractivity contribution < 1.29 is 4.79 Å². The number of aromatic nitrogens is 2. The number of carbonyl (C=O) groups is 1. The minimum Gasteiger partial charge on any atom is -0.369 e. The van der Waals surface area contributed by atoms with Gasteiger partial charge in [0, 0.05) is 43.3 Å². The molecule has 1 amide bonds. The number of nitrogens with zero attached hydrogens (tertiary/aromatic N) is 3. The molecule has 1 aromatic carbocycles. The zero-order chi connectivity index (χ0) is 18.8. The molecule has 2 aliphatic rings. The van der Waals surface area contributed by atoms with Gasteiger partial charge in [0.1, 0.15) is 17.3 Å². The lowest BCUT2D eigenvalue weighted by Gasteiger charge is -2.23. The fourth-order valence-electron chi connectivity index (χ4n) is 3.86. The molecule has 4 rings (SSSR count). The maximum Gasteiger partial charge on any atom is 0.270 e. The van der Waals surface area contributed by atoms with E-state index in [1.807, 2.05) is 6.07 Å². The molecule has 0 bridgehead atoms.